The Morgan fingerprint density at radius 2 is 2.28 bits per heavy atom. The third-order valence-corrected chi connectivity index (χ3v) is 5.21. The van der Waals surface area contributed by atoms with E-state index >= 15 is 0 Å². The molecule has 2 heterocycles. The first-order chi connectivity index (χ1) is 8.70. The minimum absolute atomic E-state index is 0.190. The highest BCUT2D eigenvalue weighted by molar-refractivity contribution is 14.1. The number of hydrogen-bond donors (Lipinski definition) is 1. The molecule has 1 aliphatic rings. The molecule has 0 saturated carbocycles. The molecule has 100 valence electrons. The van der Waals surface area contributed by atoms with E-state index in [1.54, 1.807) is 11.3 Å². The van der Waals surface area contributed by atoms with Crippen LogP contribution in [0.5, 0.6) is 0 Å². The standard InChI is InChI=1S/C13H19IN2OS/c1-2-16(8-10-3-5-15-6-4-10)13(17)11-7-12(14)18-9-11/h7,9-10,15H,2-6,8H2,1H3. The molecule has 0 spiro atoms. The van der Waals surface area contributed by atoms with Crippen LogP contribution in [0.25, 0.3) is 0 Å². The Morgan fingerprint density at radius 1 is 1.56 bits per heavy atom. The maximum atomic E-state index is 12.4. The van der Waals surface area contributed by atoms with E-state index in [0.29, 0.717) is 5.92 Å². The van der Waals surface area contributed by atoms with E-state index in [0.717, 1.165) is 31.7 Å². The summed E-state index contributed by atoms with van der Waals surface area (Å²) in [7, 11) is 0. The summed E-state index contributed by atoms with van der Waals surface area (Å²) >= 11 is 3.90. The van der Waals surface area contributed by atoms with Gasteiger partial charge >= 0.3 is 0 Å². The summed E-state index contributed by atoms with van der Waals surface area (Å²) in [4.78, 5) is 14.4. The number of hydrogen-bond acceptors (Lipinski definition) is 3. The summed E-state index contributed by atoms with van der Waals surface area (Å²) in [6, 6.07) is 1.98. The van der Waals surface area contributed by atoms with Gasteiger partial charge in [0.25, 0.3) is 5.91 Å². The van der Waals surface area contributed by atoms with Crippen LogP contribution >= 0.6 is 33.9 Å². The maximum Gasteiger partial charge on any atom is 0.254 e. The van der Waals surface area contributed by atoms with Gasteiger partial charge in [0.05, 0.1) is 8.45 Å². The first-order valence-corrected chi connectivity index (χ1v) is 8.40. The number of carbonyl (C=O) groups excluding carboxylic acids is 1. The van der Waals surface area contributed by atoms with E-state index in [1.165, 1.54) is 15.7 Å². The average molecular weight is 378 g/mol. The molecular weight excluding hydrogens is 359 g/mol. The van der Waals surface area contributed by atoms with Gasteiger partial charge < -0.3 is 10.2 Å². The lowest BCUT2D eigenvalue weighted by Crippen LogP contribution is -2.39. The molecule has 18 heavy (non-hydrogen) atoms. The van der Waals surface area contributed by atoms with Crippen LogP contribution in [0.2, 0.25) is 0 Å². The Bertz CT molecular complexity index is 401. The molecule has 1 N–H and O–H groups in total. The summed E-state index contributed by atoms with van der Waals surface area (Å²) in [6.07, 6.45) is 2.37. The van der Waals surface area contributed by atoms with Crippen LogP contribution < -0.4 is 5.32 Å². The van der Waals surface area contributed by atoms with Crippen molar-refractivity contribution in [2.24, 2.45) is 5.92 Å². The van der Waals surface area contributed by atoms with Gasteiger partial charge in [-0.15, -0.1) is 11.3 Å². The van der Waals surface area contributed by atoms with Crippen molar-refractivity contribution in [3.63, 3.8) is 0 Å². The monoisotopic (exact) mass is 378 g/mol. The smallest absolute Gasteiger partial charge is 0.254 e. The Morgan fingerprint density at radius 3 is 2.83 bits per heavy atom. The molecule has 1 amide bonds. The van der Waals surface area contributed by atoms with E-state index in [1.807, 2.05) is 16.3 Å². The number of amides is 1. The molecule has 0 atom stereocenters. The number of piperidine rings is 1. The van der Waals surface area contributed by atoms with Gasteiger partial charge in [-0.05, 0) is 67.4 Å². The van der Waals surface area contributed by atoms with E-state index in [-0.39, 0.29) is 5.91 Å². The zero-order chi connectivity index (χ0) is 13.0. The Labute approximate surface area is 126 Å². The van der Waals surface area contributed by atoms with Crippen molar-refractivity contribution in [2.45, 2.75) is 19.8 Å². The summed E-state index contributed by atoms with van der Waals surface area (Å²) in [5, 5.41) is 5.33. The van der Waals surface area contributed by atoms with Crippen molar-refractivity contribution in [1.29, 1.82) is 0 Å². The molecule has 1 aromatic rings. The lowest BCUT2D eigenvalue weighted by atomic mass is 9.97. The number of carbonyl (C=O) groups is 1. The van der Waals surface area contributed by atoms with Gasteiger partial charge in [-0.3, -0.25) is 4.79 Å². The molecule has 0 aromatic carbocycles. The quantitative estimate of drug-likeness (QED) is 0.818. The number of rotatable bonds is 4. The minimum Gasteiger partial charge on any atom is -0.339 e. The molecule has 5 heteroatoms. The zero-order valence-corrected chi connectivity index (χ0v) is 13.6. The number of nitrogens with one attached hydrogen (secondary N) is 1. The summed E-state index contributed by atoms with van der Waals surface area (Å²) < 4.78 is 1.17. The fourth-order valence-corrected chi connectivity index (χ4v) is 3.66. The number of halogens is 1. The molecule has 1 saturated heterocycles. The van der Waals surface area contributed by atoms with Crippen LogP contribution in [-0.2, 0) is 0 Å². The highest BCUT2D eigenvalue weighted by Crippen LogP contribution is 2.20. The van der Waals surface area contributed by atoms with Gasteiger partial charge in [0, 0.05) is 18.5 Å². The van der Waals surface area contributed by atoms with Crippen LogP contribution in [0.15, 0.2) is 11.4 Å². The van der Waals surface area contributed by atoms with Crippen LogP contribution in [-0.4, -0.2) is 37.0 Å². The molecule has 0 aliphatic carbocycles. The van der Waals surface area contributed by atoms with Crippen LogP contribution in [0.1, 0.15) is 30.1 Å². The Kier molecular flexibility index (Phi) is 5.44. The van der Waals surface area contributed by atoms with Gasteiger partial charge in [0.2, 0.25) is 0 Å². The van der Waals surface area contributed by atoms with Gasteiger partial charge in [0.15, 0.2) is 0 Å². The van der Waals surface area contributed by atoms with Crippen molar-refractivity contribution in [3.05, 3.63) is 19.9 Å². The lowest BCUT2D eigenvalue weighted by molar-refractivity contribution is 0.0727. The normalized spacial score (nSPS) is 16.8. The fourth-order valence-electron chi connectivity index (χ4n) is 2.34. The average Bonchev–Trinajstić information content (AvgIpc) is 2.83. The number of nitrogens with zero attached hydrogens (tertiary/aromatic N) is 1. The predicted molar refractivity (Wildman–Crippen MR) is 84.2 cm³/mol. The first-order valence-electron chi connectivity index (χ1n) is 6.44. The topological polar surface area (TPSA) is 32.3 Å². The summed E-state index contributed by atoms with van der Waals surface area (Å²) in [5.41, 5.74) is 0.847. The fraction of sp³-hybridized carbons (Fsp3) is 0.615. The second-order valence-corrected chi connectivity index (χ2v) is 7.48. The largest absolute Gasteiger partial charge is 0.339 e. The van der Waals surface area contributed by atoms with E-state index in [9.17, 15) is 4.79 Å². The van der Waals surface area contributed by atoms with E-state index < -0.39 is 0 Å². The molecule has 0 bridgehead atoms. The SMILES string of the molecule is CCN(CC1CCNCC1)C(=O)c1csc(I)c1. The van der Waals surface area contributed by atoms with Crippen molar-refractivity contribution in [2.75, 3.05) is 26.2 Å². The van der Waals surface area contributed by atoms with Gasteiger partial charge in [-0.25, -0.2) is 0 Å². The van der Waals surface area contributed by atoms with Crippen molar-refractivity contribution < 1.29 is 4.79 Å². The molecule has 0 unspecified atom stereocenters. The molecule has 1 aromatic heterocycles. The molecule has 3 nitrogen and oxygen atoms in total. The minimum atomic E-state index is 0.190. The van der Waals surface area contributed by atoms with Gasteiger partial charge in [-0.2, -0.15) is 0 Å². The Balaban J connectivity index is 1.97. The first kappa shape index (κ1) is 14.3. The van der Waals surface area contributed by atoms with Crippen LogP contribution in [0.4, 0.5) is 0 Å². The lowest BCUT2D eigenvalue weighted by Gasteiger charge is -2.29. The Hall–Kier alpha value is -0.140. The van der Waals surface area contributed by atoms with E-state index in [2.05, 4.69) is 34.8 Å². The van der Waals surface area contributed by atoms with Gasteiger partial charge in [0.1, 0.15) is 0 Å². The predicted octanol–water partition coefficient (Wildman–Crippen LogP) is 2.81. The highest BCUT2D eigenvalue weighted by Gasteiger charge is 2.21. The molecule has 0 radical (unpaired) electrons. The summed E-state index contributed by atoms with van der Waals surface area (Å²) in [6.45, 7) is 5.95. The summed E-state index contributed by atoms with van der Waals surface area (Å²) in [5.74, 6) is 0.850. The molecule has 1 fully saturated rings. The second kappa shape index (κ2) is 6.86. The second-order valence-electron chi connectivity index (χ2n) is 4.68. The third-order valence-electron chi connectivity index (χ3n) is 3.42. The van der Waals surface area contributed by atoms with Crippen molar-refractivity contribution in [3.8, 4) is 0 Å². The maximum absolute atomic E-state index is 12.4. The van der Waals surface area contributed by atoms with Crippen LogP contribution in [0.3, 0.4) is 0 Å². The van der Waals surface area contributed by atoms with Crippen molar-refractivity contribution >= 4 is 39.8 Å². The molecule has 2 rings (SSSR count). The van der Waals surface area contributed by atoms with Crippen molar-refractivity contribution in [1.82, 2.24) is 10.2 Å². The number of thiophene rings is 1. The van der Waals surface area contributed by atoms with Crippen LogP contribution in [0, 0.1) is 8.80 Å². The molecular formula is C13H19IN2OS. The highest BCUT2D eigenvalue weighted by atomic mass is 127. The third kappa shape index (κ3) is 3.68. The van der Waals surface area contributed by atoms with Gasteiger partial charge in [-0.1, -0.05) is 0 Å². The molecule has 1 aliphatic heterocycles. The zero-order valence-electron chi connectivity index (χ0n) is 10.6. The van der Waals surface area contributed by atoms with E-state index in [4.69, 9.17) is 0 Å².